The van der Waals surface area contributed by atoms with Gasteiger partial charge in [0.2, 0.25) is 5.91 Å². The quantitative estimate of drug-likeness (QED) is 0.793. The first-order valence-corrected chi connectivity index (χ1v) is 8.32. The van der Waals surface area contributed by atoms with Crippen molar-refractivity contribution < 1.29 is 27.5 Å². The summed E-state index contributed by atoms with van der Waals surface area (Å²) in [6.45, 7) is -0.0600. The SMILES string of the molecule is O=C(CSc1ccc(C(F)(F)F)cn1)Nc1ccc2c(c1)NC(=O)CO2. The van der Waals surface area contributed by atoms with E-state index >= 15 is 0 Å². The topological polar surface area (TPSA) is 80.3 Å². The van der Waals surface area contributed by atoms with E-state index < -0.39 is 11.7 Å². The van der Waals surface area contributed by atoms with Gasteiger partial charge < -0.3 is 15.4 Å². The van der Waals surface area contributed by atoms with E-state index in [0.717, 1.165) is 24.0 Å². The van der Waals surface area contributed by atoms with Crippen LogP contribution in [0.1, 0.15) is 5.56 Å². The standard InChI is InChI=1S/C16H12F3N3O3S/c17-16(18,19)9-1-4-15(20-6-9)26-8-14(24)21-10-2-3-12-11(5-10)22-13(23)7-25-12/h1-6H,7-8H2,(H,21,24)(H,22,23). The van der Waals surface area contributed by atoms with E-state index in [-0.39, 0.29) is 24.2 Å². The fraction of sp³-hybridized carbons (Fsp3) is 0.188. The van der Waals surface area contributed by atoms with Crippen LogP contribution in [0, 0.1) is 0 Å². The highest BCUT2D eigenvalue weighted by Gasteiger charge is 2.30. The van der Waals surface area contributed by atoms with Gasteiger partial charge in [0.25, 0.3) is 5.91 Å². The van der Waals surface area contributed by atoms with Gasteiger partial charge in [-0.15, -0.1) is 0 Å². The number of thioether (sulfide) groups is 1. The Morgan fingerprint density at radius 1 is 1.31 bits per heavy atom. The molecule has 10 heteroatoms. The summed E-state index contributed by atoms with van der Waals surface area (Å²) in [6, 6.07) is 6.93. The lowest BCUT2D eigenvalue weighted by Crippen LogP contribution is -2.25. The van der Waals surface area contributed by atoms with Crippen molar-refractivity contribution in [1.82, 2.24) is 4.98 Å². The van der Waals surface area contributed by atoms with Crippen LogP contribution in [0.4, 0.5) is 24.5 Å². The number of halogens is 3. The number of ether oxygens (including phenoxy) is 1. The Kier molecular flexibility index (Phi) is 5.03. The maximum atomic E-state index is 12.5. The number of carbonyl (C=O) groups is 2. The van der Waals surface area contributed by atoms with Crippen LogP contribution >= 0.6 is 11.8 Å². The van der Waals surface area contributed by atoms with Gasteiger partial charge >= 0.3 is 6.18 Å². The lowest BCUT2D eigenvalue weighted by molar-refractivity contribution is -0.137. The summed E-state index contributed by atoms with van der Waals surface area (Å²) in [4.78, 5) is 27.0. The van der Waals surface area contributed by atoms with E-state index in [1.807, 2.05) is 0 Å². The molecule has 0 saturated heterocycles. The molecule has 2 heterocycles. The fourth-order valence-corrected chi connectivity index (χ4v) is 2.77. The summed E-state index contributed by atoms with van der Waals surface area (Å²) in [5.74, 6) is -0.172. The van der Waals surface area contributed by atoms with Crippen LogP contribution in [0.15, 0.2) is 41.6 Å². The first-order chi connectivity index (χ1) is 12.3. The van der Waals surface area contributed by atoms with Crippen molar-refractivity contribution in [1.29, 1.82) is 0 Å². The maximum Gasteiger partial charge on any atom is 0.417 e. The van der Waals surface area contributed by atoms with Gasteiger partial charge in [0.05, 0.1) is 22.0 Å². The number of benzene rings is 1. The number of pyridine rings is 1. The molecule has 26 heavy (non-hydrogen) atoms. The van der Waals surface area contributed by atoms with E-state index in [2.05, 4.69) is 15.6 Å². The normalized spacial score (nSPS) is 13.4. The zero-order valence-electron chi connectivity index (χ0n) is 13.1. The molecule has 136 valence electrons. The van der Waals surface area contributed by atoms with Crippen molar-refractivity contribution in [3.8, 4) is 5.75 Å². The molecule has 2 aromatic rings. The number of nitrogens with one attached hydrogen (secondary N) is 2. The van der Waals surface area contributed by atoms with Gasteiger partial charge in [-0.25, -0.2) is 4.98 Å². The van der Waals surface area contributed by atoms with Gasteiger partial charge in [-0.1, -0.05) is 11.8 Å². The third kappa shape index (κ3) is 4.45. The average molecular weight is 383 g/mol. The Morgan fingerprint density at radius 2 is 2.12 bits per heavy atom. The minimum Gasteiger partial charge on any atom is -0.482 e. The molecule has 1 aliphatic rings. The van der Waals surface area contributed by atoms with Gasteiger partial charge in [-0.05, 0) is 30.3 Å². The Hall–Kier alpha value is -2.75. The predicted molar refractivity (Wildman–Crippen MR) is 89.2 cm³/mol. The maximum absolute atomic E-state index is 12.5. The number of rotatable bonds is 4. The zero-order chi connectivity index (χ0) is 18.7. The smallest absolute Gasteiger partial charge is 0.417 e. The highest BCUT2D eigenvalue weighted by Crippen LogP contribution is 2.31. The predicted octanol–water partition coefficient (Wildman–Crippen LogP) is 3.16. The van der Waals surface area contributed by atoms with Crippen LogP contribution in [0.25, 0.3) is 0 Å². The van der Waals surface area contributed by atoms with Crippen molar-refractivity contribution >= 4 is 35.0 Å². The van der Waals surface area contributed by atoms with Crippen molar-refractivity contribution in [2.75, 3.05) is 23.0 Å². The van der Waals surface area contributed by atoms with Crippen LogP contribution in [0.2, 0.25) is 0 Å². The summed E-state index contributed by atoms with van der Waals surface area (Å²) in [5.41, 5.74) is 0.0706. The minimum atomic E-state index is -4.45. The third-order valence-corrected chi connectivity index (χ3v) is 4.25. The molecule has 0 bridgehead atoms. The molecule has 0 unspecified atom stereocenters. The number of hydrogen-bond acceptors (Lipinski definition) is 5. The van der Waals surface area contributed by atoms with Crippen molar-refractivity contribution in [2.24, 2.45) is 0 Å². The molecule has 1 aromatic heterocycles. The molecule has 2 N–H and O–H groups in total. The van der Waals surface area contributed by atoms with Gasteiger partial charge in [0, 0.05) is 11.9 Å². The van der Waals surface area contributed by atoms with Crippen LogP contribution in [-0.4, -0.2) is 29.2 Å². The molecule has 6 nitrogen and oxygen atoms in total. The summed E-state index contributed by atoms with van der Waals surface area (Å²) in [6.07, 6.45) is -3.72. The number of fused-ring (bicyclic) bond motifs is 1. The fourth-order valence-electron chi connectivity index (χ4n) is 2.13. The number of amides is 2. The average Bonchev–Trinajstić information content (AvgIpc) is 2.59. The number of hydrogen-bond donors (Lipinski definition) is 2. The largest absolute Gasteiger partial charge is 0.482 e. The Labute approximate surface area is 150 Å². The third-order valence-electron chi connectivity index (χ3n) is 3.31. The van der Waals surface area contributed by atoms with Crippen molar-refractivity contribution in [3.05, 3.63) is 42.1 Å². The molecular weight excluding hydrogens is 371 g/mol. The molecule has 0 atom stereocenters. The lowest BCUT2D eigenvalue weighted by Gasteiger charge is -2.18. The van der Waals surface area contributed by atoms with Crippen LogP contribution in [0.5, 0.6) is 5.75 Å². The minimum absolute atomic E-state index is 0.0295. The summed E-state index contributed by atoms with van der Waals surface area (Å²) < 4.78 is 42.6. The second-order valence-corrected chi connectivity index (χ2v) is 6.26. The lowest BCUT2D eigenvalue weighted by atomic mass is 10.2. The number of anilines is 2. The number of alkyl halides is 3. The van der Waals surface area contributed by atoms with Gasteiger partial charge in [0.1, 0.15) is 5.75 Å². The zero-order valence-corrected chi connectivity index (χ0v) is 13.9. The molecule has 0 radical (unpaired) electrons. The molecule has 1 aromatic carbocycles. The number of carbonyl (C=O) groups excluding carboxylic acids is 2. The van der Waals surface area contributed by atoms with Gasteiger partial charge in [0.15, 0.2) is 6.61 Å². The van der Waals surface area contributed by atoms with Crippen LogP contribution < -0.4 is 15.4 Å². The van der Waals surface area contributed by atoms with E-state index in [9.17, 15) is 22.8 Å². The summed E-state index contributed by atoms with van der Waals surface area (Å²) in [7, 11) is 0. The molecule has 0 fully saturated rings. The second-order valence-electron chi connectivity index (χ2n) is 5.27. The molecule has 3 rings (SSSR count). The summed E-state index contributed by atoms with van der Waals surface area (Å²) in [5, 5.41) is 5.57. The van der Waals surface area contributed by atoms with Crippen molar-refractivity contribution in [2.45, 2.75) is 11.2 Å². The van der Waals surface area contributed by atoms with E-state index in [1.54, 1.807) is 18.2 Å². The molecule has 1 aliphatic heterocycles. The Morgan fingerprint density at radius 3 is 2.81 bits per heavy atom. The van der Waals surface area contributed by atoms with E-state index in [0.29, 0.717) is 22.2 Å². The first-order valence-electron chi connectivity index (χ1n) is 7.34. The molecule has 0 spiro atoms. The second kappa shape index (κ2) is 7.24. The van der Waals surface area contributed by atoms with Gasteiger partial charge in [-0.3, -0.25) is 9.59 Å². The number of nitrogens with zero attached hydrogens (tertiary/aromatic N) is 1. The van der Waals surface area contributed by atoms with E-state index in [1.165, 1.54) is 6.07 Å². The number of aromatic nitrogens is 1. The highest BCUT2D eigenvalue weighted by atomic mass is 32.2. The molecule has 0 saturated carbocycles. The highest BCUT2D eigenvalue weighted by molar-refractivity contribution is 7.99. The first kappa shape index (κ1) is 18.1. The molecule has 2 amide bonds. The van der Waals surface area contributed by atoms with Crippen LogP contribution in [0.3, 0.4) is 0 Å². The molecular formula is C16H12F3N3O3S. The summed E-state index contributed by atoms with van der Waals surface area (Å²) >= 11 is 1.01. The monoisotopic (exact) mass is 383 g/mol. The Balaban J connectivity index is 1.56. The molecule has 0 aliphatic carbocycles. The van der Waals surface area contributed by atoms with Crippen molar-refractivity contribution in [3.63, 3.8) is 0 Å². The Bertz CT molecular complexity index is 841. The van der Waals surface area contributed by atoms with Crippen LogP contribution in [-0.2, 0) is 15.8 Å². The van der Waals surface area contributed by atoms with Gasteiger partial charge in [-0.2, -0.15) is 13.2 Å². The van der Waals surface area contributed by atoms with E-state index in [4.69, 9.17) is 4.74 Å².